The van der Waals surface area contributed by atoms with Gasteiger partial charge in [-0.05, 0) is 49.1 Å². The number of aliphatic hydroxyl groups excluding tert-OH is 1. The molecule has 0 amide bonds. The van der Waals surface area contributed by atoms with Crippen LogP contribution in [-0.4, -0.2) is 11.2 Å². The van der Waals surface area contributed by atoms with Crippen molar-refractivity contribution in [3.8, 4) is 5.75 Å². The minimum Gasteiger partial charge on any atom is -0.488 e. The van der Waals surface area contributed by atoms with E-state index in [-0.39, 0.29) is 6.10 Å². The van der Waals surface area contributed by atoms with Gasteiger partial charge < -0.3 is 9.84 Å². The fraction of sp³-hybridized carbons (Fsp3) is 0.286. The number of ether oxygens (including phenoxy) is 1. The second-order valence-corrected chi connectivity index (χ2v) is 5.71. The summed E-state index contributed by atoms with van der Waals surface area (Å²) in [5.41, 5.74) is 0.925. The van der Waals surface area contributed by atoms with Gasteiger partial charge in [0.1, 0.15) is 18.0 Å². The molecule has 0 radical (unpaired) electrons. The van der Waals surface area contributed by atoms with Gasteiger partial charge in [0.05, 0.1) is 0 Å². The Balaban J connectivity index is 2.08. The standard InChI is InChI=1S/C14H15ClO2S/c1-9(14(16)13-6-7-18-10(13)2)17-12-5-3-4-11(15)8-12/h3-9,14,16H,1-2H3. The van der Waals surface area contributed by atoms with E-state index < -0.39 is 6.10 Å². The highest BCUT2D eigenvalue weighted by atomic mass is 35.5. The first-order chi connectivity index (χ1) is 8.58. The van der Waals surface area contributed by atoms with E-state index in [4.69, 9.17) is 16.3 Å². The fourth-order valence-corrected chi connectivity index (χ4v) is 2.70. The Morgan fingerprint density at radius 3 is 2.72 bits per heavy atom. The molecule has 0 aliphatic heterocycles. The molecule has 2 nitrogen and oxygen atoms in total. The molecule has 0 saturated carbocycles. The van der Waals surface area contributed by atoms with Gasteiger partial charge in [-0.1, -0.05) is 17.7 Å². The van der Waals surface area contributed by atoms with Gasteiger partial charge in [0, 0.05) is 9.90 Å². The second kappa shape index (κ2) is 5.74. The Morgan fingerprint density at radius 2 is 2.11 bits per heavy atom. The van der Waals surface area contributed by atoms with Crippen molar-refractivity contribution in [2.24, 2.45) is 0 Å². The predicted octanol–water partition coefficient (Wildman–Crippen LogP) is 4.21. The summed E-state index contributed by atoms with van der Waals surface area (Å²) in [6, 6.07) is 9.12. The van der Waals surface area contributed by atoms with E-state index >= 15 is 0 Å². The predicted molar refractivity (Wildman–Crippen MR) is 75.6 cm³/mol. The minimum absolute atomic E-state index is 0.322. The third kappa shape index (κ3) is 3.05. The number of thiophene rings is 1. The largest absolute Gasteiger partial charge is 0.488 e. The number of hydrogen-bond donors (Lipinski definition) is 1. The topological polar surface area (TPSA) is 29.5 Å². The van der Waals surface area contributed by atoms with Crippen LogP contribution in [0.5, 0.6) is 5.75 Å². The van der Waals surface area contributed by atoms with Crippen molar-refractivity contribution in [1.82, 2.24) is 0 Å². The average molecular weight is 283 g/mol. The van der Waals surface area contributed by atoms with Gasteiger partial charge in [-0.3, -0.25) is 0 Å². The number of aryl methyl sites for hydroxylation is 1. The molecule has 1 aromatic heterocycles. The van der Waals surface area contributed by atoms with Gasteiger partial charge in [-0.25, -0.2) is 0 Å². The van der Waals surface area contributed by atoms with Crippen molar-refractivity contribution in [2.45, 2.75) is 26.1 Å². The van der Waals surface area contributed by atoms with Gasteiger partial charge in [0.2, 0.25) is 0 Å². The molecule has 96 valence electrons. The summed E-state index contributed by atoms with van der Waals surface area (Å²) in [6.45, 7) is 3.85. The first-order valence-corrected chi connectivity index (χ1v) is 6.98. The van der Waals surface area contributed by atoms with Gasteiger partial charge in [0.15, 0.2) is 0 Å². The molecule has 2 aromatic rings. The van der Waals surface area contributed by atoms with Crippen LogP contribution in [0.4, 0.5) is 0 Å². The fourth-order valence-electron chi connectivity index (χ4n) is 1.77. The van der Waals surface area contributed by atoms with Crippen molar-refractivity contribution in [3.05, 3.63) is 51.2 Å². The number of hydrogen-bond acceptors (Lipinski definition) is 3. The van der Waals surface area contributed by atoms with E-state index in [1.807, 2.05) is 37.4 Å². The van der Waals surface area contributed by atoms with Crippen LogP contribution in [0.1, 0.15) is 23.5 Å². The van der Waals surface area contributed by atoms with Crippen molar-refractivity contribution in [2.75, 3.05) is 0 Å². The molecule has 0 saturated heterocycles. The van der Waals surface area contributed by atoms with E-state index in [1.165, 1.54) is 0 Å². The van der Waals surface area contributed by atoms with Crippen molar-refractivity contribution >= 4 is 22.9 Å². The lowest BCUT2D eigenvalue weighted by molar-refractivity contribution is 0.0467. The Morgan fingerprint density at radius 1 is 1.33 bits per heavy atom. The SMILES string of the molecule is Cc1sccc1C(O)C(C)Oc1cccc(Cl)c1. The summed E-state index contributed by atoms with van der Waals surface area (Å²) in [6.07, 6.45) is -0.952. The Kier molecular flexibility index (Phi) is 4.27. The first-order valence-electron chi connectivity index (χ1n) is 5.72. The molecule has 0 bridgehead atoms. The minimum atomic E-state index is -0.629. The van der Waals surface area contributed by atoms with E-state index in [2.05, 4.69) is 0 Å². The third-order valence-corrected chi connectivity index (χ3v) is 3.88. The average Bonchev–Trinajstić information content (AvgIpc) is 2.74. The maximum absolute atomic E-state index is 10.2. The molecule has 18 heavy (non-hydrogen) atoms. The zero-order valence-electron chi connectivity index (χ0n) is 10.3. The molecule has 1 aromatic carbocycles. The lowest BCUT2D eigenvalue weighted by Crippen LogP contribution is -2.21. The van der Waals surface area contributed by atoms with Gasteiger partial charge >= 0.3 is 0 Å². The lowest BCUT2D eigenvalue weighted by atomic mass is 10.1. The van der Waals surface area contributed by atoms with Crippen LogP contribution in [0.3, 0.4) is 0 Å². The molecule has 1 heterocycles. The van der Waals surface area contributed by atoms with E-state index in [0.717, 1.165) is 10.4 Å². The van der Waals surface area contributed by atoms with Crippen LogP contribution in [0, 0.1) is 6.92 Å². The molecule has 0 spiro atoms. The molecule has 1 N–H and O–H groups in total. The Bertz CT molecular complexity index is 524. The third-order valence-electron chi connectivity index (χ3n) is 2.78. The highest BCUT2D eigenvalue weighted by Crippen LogP contribution is 2.28. The summed E-state index contributed by atoms with van der Waals surface area (Å²) in [5, 5.41) is 12.8. The summed E-state index contributed by atoms with van der Waals surface area (Å²) < 4.78 is 5.71. The van der Waals surface area contributed by atoms with E-state index in [9.17, 15) is 5.11 Å². The molecule has 4 heteroatoms. The van der Waals surface area contributed by atoms with Crippen molar-refractivity contribution in [1.29, 1.82) is 0 Å². The second-order valence-electron chi connectivity index (χ2n) is 4.16. The molecule has 0 aliphatic carbocycles. The smallest absolute Gasteiger partial charge is 0.126 e. The monoisotopic (exact) mass is 282 g/mol. The molecule has 0 aliphatic rings. The summed E-state index contributed by atoms with van der Waals surface area (Å²) in [5.74, 6) is 0.668. The summed E-state index contributed by atoms with van der Waals surface area (Å²) in [7, 11) is 0. The highest BCUT2D eigenvalue weighted by Gasteiger charge is 2.20. The molecule has 2 rings (SSSR count). The normalized spacial score (nSPS) is 14.2. The van der Waals surface area contributed by atoms with Crippen LogP contribution in [0.25, 0.3) is 0 Å². The van der Waals surface area contributed by atoms with Crippen molar-refractivity contribution < 1.29 is 9.84 Å². The maximum atomic E-state index is 10.2. The van der Waals surface area contributed by atoms with Crippen LogP contribution in [-0.2, 0) is 0 Å². The van der Waals surface area contributed by atoms with Crippen LogP contribution >= 0.6 is 22.9 Å². The van der Waals surface area contributed by atoms with Crippen molar-refractivity contribution in [3.63, 3.8) is 0 Å². The van der Waals surface area contributed by atoms with Crippen LogP contribution in [0.2, 0.25) is 5.02 Å². The summed E-state index contributed by atoms with van der Waals surface area (Å²) in [4.78, 5) is 1.11. The number of benzene rings is 1. The first kappa shape index (κ1) is 13.4. The number of aliphatic hydroxyl groups is 1. The van der Waals surface area contributed by atoms with Crippen LogP contribution in [0.15, 0.2) is 35.7 Å². The van der Waals surface area contributed by atoms with Gasteiger partial charge in [0.25, 0.3) is 0 Å². The van der Waals surface area contributed by atoms with E-state index in [1.54, 1.807) is 23.5 Å². The van der Waals surface area contributed by atoms with E-state index in [0.29, 0.717) is 10.8 Å². The zero-order valence-corrected chi connectivity index (χ0v) is 11.8. The Hall–Kier alpha value is -1.03. The quantitative estimate of drug-likeness (QED) is 0.910. The molecular weight excluding hydrogens is 268 g/mol. The lowest BCUT2D eigenvalue weighted by Gasteiger charge is -2.20. The number of rotatable bonds is 4. The van der Waals surface area contributed by atoms with Gasteiger partial charge in [-0.2, -0.15) is 0 Å². The molecule has 2 atom stereocenters. The Labute approximate surface area is 116 Å². The maximum Gasteiger partial charge on any atom is 0.126 e. The summed E-state index contributed by atoms with van der Waals surface area (Å²) >= 11 is 7.51. The highest BCUT2D eigenvalue weighted by molar-refractivity contribution is 7.10. The molecule has 2 unspecified atom stereocenters. The molecular formula is C14H15ClO2S. The van der Waals surface area contributed by atoms with Crippen LogP contribution < -0.4 is 4.74 Å². The number of halogens is 1. The zero-order chi connectivity index (χ0) is 13.1. The van der Waals surface area contributed by atoms with Gasteiger partial charge in [-0.15, -0.1) is 11.3 Å². The molecule has 0 fully saturated rings.